The molecule has 0 saturated carbocycles. The second-order valence-electron chi connectivity index (χ2n) is 7.84. The highest BCUT2D eigenvalue weighted by atomic mass is 16.5. The van der Waals surface area contributed by atoms with E-state index in [1.807, 2.05) is 43.3 Å². The number of carbonyl (C=O) groups excluding carboxylic acids is 1. The van der Waals surface area contributed by atoms with Gasteiger partial charge in [0.15, 0.2) is 0 Å². The Labute approximate surface area is 169 Å². The summed E-state index contributed by atoms with van der Waals surface area (Å²) in [4.78, 5) is 21.2. The van der Waals surface area contributed by atoms with Crippen LogP contribution in [-0.4, -0.2) is 35.5 Å². The Morgan fingerprint density at radius 2 is 1.93 bits per heavy atom. The first-order valence-electron chi connectivity index (χ1n) is 10.1. The number of aromatic nitrogens is 1. The Bertz CT molecular complexity index is 1120. The third-order valence-corrected chi connectivity index (χ3v) is 5.67. The quantitative estimate of drug-likeness (QED) is 0.642. The Morgan fingerprint density at radius 1 is 1.14 bits per heavy atom. The van der Waals surface area contributed by atoms with E-state index >= 15 is 0 Å². The maximum atomic E-state index is 13.1. The van der Waals surface area contributed by atoms with Gasteiger partial charge in [0.25, 0.3) is 0 Å². The zero-order valence-corrected chi connectivity index (χ0v) is 16.5. The van der Waals surface area contributed by atoms with Crippen molar-refractivity contribution in [3.05, 3.63) is 65.4 Å². The molecule has 5 rings (SSSR count). The predicted octanol–water partition coefficient (Wildman–Crippen LogP) is 3.55. The van der Waals surface area contributed by atoms with E-state index < -0.39 is 0 Å². The van der Waals surface area contributed by atoms with Crippen molar-refractivity contribution in [3.63, 3.8) is 0 Å². The van der Waals surface area contributed by atoms with Crippen molar-refractivity contribution < 1.29 is 9.53 Å². The number of nitrogens with zero attached hydrogens (tertiary/aromatic N) is 1. The minimum Gasteiger partial charge on any atom is -0.475 e. The van der Waals surface area contributed by atoms with Crippen LogP contribution < -0.4 is 10.6 Å². The number of fused-ring (bicyclic) bond motifs is 3. The van der Waals surface area contributed by atoms with Gasteiger partial charge in [0.1, 0.15) is 6.61 Å². The Kier molecular flexibility index (Phi) is 4.36. The number of H-pyrrole nitrogens is 1. The first-order valence-corrected chi connectivity index (χ1v) is 10.1. The molecule has 0 bridgehead atoms. The van der Waals surface area contributed by atoms with E-state index in [4.69, 9.17) is 4.74 Å². The average molecular weight is 388 g/mol. The summed E-state index contributed by atoms with van der Waals surface area (Å²) in [5.74, 6) is 0.546. The highest BCUT2D eigenvalue weighted by molar-refractivity contribution is 6.05. The largest absolute Gasteiger partial charge is 0.475 e. The molecule has 2 aromatic carbocycles. The third-order valence-electron chi connectivity index (χ3n) is 5.67. The second kappa shape index (κ2) is 7.04. The van der Waals surface area contributed by atoms with Crippen molar-refractivity contribution in [2.45, 2.75) is 38.4 Å². The highest BCUT2D eigenvalue weighted by Gasteiger charge is 2.31. The number of amides is 1. The van der Waals surface area contributed by atoms with Gasteiger partial charge in [0.2, 0.25) is 11.8 Å². The first-order chi connectivity index (χ1) is 14.1. The summed E-state index contributed by atoms with van der Waals surface area (Å²) in [5, 5.41) is 7.73. The SMILES string of the molecule is C[C@@H]1COC(c2ccccc2NC(=O)[C@@H]2Cc3c([nH]c4ccccc34)[C@H](C)N2)=N1. The molecule has 6 heteroatoms. The molecular formula is C23H24N4O2. The van der Waals surface area contributed by atoms with Crippen molar-refractivity contribution in [1.82, 2.24) is 10.3 Å². The van der Waals surface area contributed by atoms with Crippen molar-refractivity contribution in [3.8, 4) is 0 Å². The molecule has 6 nitrogen and oxygen atoms in total. The van der Waals surface area contributed by atoms with Gasteiger partial charge < -0.3 is 15.0 Å². The first kappa shape index (κ1) is 17.9. The second-order valence-corrected chi connectivity index (χ2v) is 7.84. The molecule has 1 amide bonds. The van der Waals surface area contributed by atoms with Crippen LogP contribution in [0.2, 0.25) is 0 Å². The summed E-state index contributed by atoms with van der Waals surface area (Å²) < 4.78 is 5.70. The Morgan fingerprint density at radius 3 is 2.76 bits per heavy atom. The van der Waals surface area contributed by atoms with E-state index in [9.17, 15) is 4.79 Å². The normalized spacial score (nSPS) is 23.4. The van der Waals surface area contributed by atoms with E-state index in [1.165, 1.54) is 16.6 Å². The smallest absolute Gasteiger partial charge is 0.241 e. The predicted molar refractivity (Wildman–Crippen MR) is 114 cm³/mol. The third kappa shape index (κ3) is 3.19. The van der Waals surface area contributed by atoms with E-state index in [0.717, 1.165) is 16.8 Å². The summed E-state index contributed by atoms with van der Waals surface area (Å²) >= 11 is 0. The molecule has 3 heterocycles. The molecule has 0 saturated heterocycles. The van der Waals surface area contributed by atoms with Crippen LogP contribution in [0.15, 0.2) is 53.5 Å². The number of para-hydroxylation sites is 2. The fourth-order valence-electron chi connectivity index (χ4n) is 4.25. The van der Waals surface area contributed by atoms with Crippen LogP contribution in [-0.2, 0) is 16.0 Å². The summed E-state index contributed by atoms with van der Waals surface area (Å²) in [5.41, 5.74) is 5.05. The fourth-order valence-corrected chi connectivity index (χ4v) is 4.25. The number of carbonyl (C=O) groups is 1. The van der Waals surface area contributed by atoms with Crippen LogP contribution in [0.25, 0.3) is 10.9 Å². The molecule has 3 atom stereocenters. The van der Waals surface area contributed by atoms with Gasteiger partial charge in [0.05, 0.1) is 23.3 Å². The van der Waals surface area contributed by atoms with Gasteiger partial charge in [-0.1, -0.05) is 30.3 Å². The van der Waals surface area contributed by atoms with Crippen LogP contribution in [0.4, 0.5) is 5.69 Å². The van der Waals surface area contributed by atoms with Gasteiger partial charge in [-0.15, -0.1) is 0 Å². The molecule has 0 aliphatic carbocycles. The van der Waals surface area contributed by atoms with Crippen molar-refractivity contribution in [2.24, 2.45) is 4.99 Å². The minimum absolute atomic E-state index is 0.0492. The maximum absolute atomic E-state index is 13.1. The van der Waals surface area contributed by atoms with Gasteiger partial charge in [-0.2, -0.15) is 0 Å². The average Bonchev–Trinajstić information content (AvgIpc) is 3.32. The molecule has 0 unspecified atom stereocenters. The standard InChI is InChI=1S/C23H24N4O2/c1-13-12-29-23(24-13)16-8-4-6-10-19(16)27-22(28)20-11-17-15-7-3-5-9-18(15)26-21(17)14(2)25-20/h3-10,13-14,20,25-26H,11-12H2,1-2H3,(H,27,28)/t13-,14+,20+/m1/s1. The summed E-state index contributed by atoms with van der Waals surface area (Å²) in [7, 11) is 0. The molecule has 0 spiro atoms. The summed E-state index contributed by atoms with van der Waals surface area (Å²) in [6.45, 7) is 4.67. The zero-order chi connectivity index (χ0) is 20.0. The number of hydrogen-bond donors (Lipinski definition) is 3. The lowest BCUT2D eigenvalue weighted by Gasteiger charge is -2.28. The number of anilines is 1. The monoisotopic (exact) mass is 388 g/mol. The lowest BCUT2D eigenvalue weighted by molar-refractivity contribution is -0.118. The molecule has 1 aromatic heterocycles. The number of nitrogens with one attached hydrogen (secondary N) is 3. The summed E-state index contributed by atoms with van der Waals surface area (Å²) in [6, 6.07) is 15.8. The van der Waals surface area contributed by atoms with Gasteiger partial charge >= 0.3 is 0 Å². The number of aliphatic imine (C=N–C) groups is 1. The molecule has 0 radical (unpaired) electrons. The Balaban J connectivity index is 1.41. The van der Waals surface area contributed by atoms with Gasteiger partial charge in [-0.3, -0.25) is 10.1 Å². The van der Waals surface area contributed by atoms with Crippen LogP contribution in [0.5, 0.6) is 0 Å². The molecule has 3 N–H and O–H groups in total. The number of rotatable bonds is 3. The lowest BCUT2D eigenvalue weighted by atomic mass is 9.94. The summed E-state index contributed by atoms with van der Waals surface area (Å²) in [6.07, 6.45) is 0.645. The molecule has 3 aromatic rings. The fraction of sp³-hybridized carbons (Fsp3) is 0.304. The van der Waals surface area contributed by atoms with Crippen molar-refractivity contribution in [1.29, 1.82) is 0 Å². The van der Waals surface area contributed by atoms with Crippen molar-refractivity contribution >= 4 is 28.4 Å². The molecular weight excluding hydrogens is 364 g/mol. The van der Waals surface area contributed by atoms with Crippen molar-refractivity contribution in [2.75, 3.05) is 11.9 Å². The zero-order valence-electron chi connectivity index (χ0n) is 16.5. The number of benzene rings is 2. The van der Waals surface area contributed by atoms with E-state index in [2.05, 4.69) is 39.7 Å². The molecule has 29 heavy (non-hydrogen) atoms. The minimum atomic E-state index is -0.310. The number of ether oxygens (including phenoxy) is 1. The number of hydrogen-bond acceptors (Lipinski definition) is 4. The van der Waals surface area contributed by atoms with Gasteiger partial charge in [-0.25, -0.2) is 4.99 Å². The molecule has 2 aliphatic rings. The van der Waals surface area contributed by atoms with Crippen LogP contribution in [0.3, 0.4) is 0 Å². The van der Waals surface area contributed by atoms with E-state index in [0.29, 0.717) is 18.9 Å². The topological polar surface area (TPSA) is 78.5 Å². The van der Waals surface area contributed by atoms with Gasteiger partial charge in [0, 0.05) is 22.6 Å². The number of aromatic amines is 1. The van der Waals surface area contributed by atoms with Crippen LogP contribution in [0.1, 0.15) is 36.7 Å². The van der Waals surface area contributed by atoms with Gasteiger partial charge in [-0.05, 0) is 44.0 Å². The molecule has 148 valence electrons. The Hall–Kier alpha value is -3.12. The maximum Gasteiger partial charge on any atom is 0.241 e. The molecule has 2 aliphatic heterocycles. The molecule has 0 fully saturated rings. The van der Waals surface area contributed by atoms with Crippen LogP contribution in [0, 0.1) is 0 Å². The van der Waals surface area contributed by atoms with Crippen LogP contribution >= 0.6 is 0 Å². The lowest BCUT2D eigenvalue weighted by Crippen LogP contribution is -2.46. The highest BCUT2D eigenvalue weighted by Crippen LogP contribution is 2.32. The van der Waals surface area contributed by atoms with E-state index in [1.54, 1.807) is 0 Å². The van der Waals surface area contributed by atoms with E-state index in [-0.39, 0.29) is 24.0 Å².